The number of carbonyl (C=O) groups is 1. The minimum absolute atomic E-state index is 0.0947. The van der Waals surface area contributed by atoms with Gasteiger partial charge in [0.2, 0.25) is 12.1 Å². The van der Waals surface area contributed by atoms with Crippen molar-refractivity contribution in [1.29, 1.82) is 0 Å². The largest absolute Gasteiger partial charge is 0.491 e. The van der Waals surface area contributed by atoms with Crippen molar-refractivity contribution in [2.24, 2.45) is 23.7 Å². The van der Waals surface area contributed by atoms with Crippen molar-refractivity contribution in [3.05, 3.63) is 0 Å². The minimum Gasteiger partial charge on any atom is -0.429 e. The van der Waals surface area contributed by atoms with Gasteiger partial charge in [-0.15, -0.1) is 0 Å². The minimum atomic E-state index is -5.07. The number of ether oxygens (including phenoxy) is 3. The maximum Gasteiger partial charge on any atom is 0.491 e. The molecule has 0 radical (unpaired) electrons. The Bertz CT molecular complexity index is 598. The second-order valence-corrected chi connectivity index (χ2v) is 8.18. The molecule has 4 saturated heterocycles. The highest BCUT2D eigenvalue weighted by Crippen LogP contribution is 2.60. The van der Waals surface area contributed by atoms with Crippen LogP contribution in [0, 0.1) is 23.7 Å². The quantitative estimate of drug-likeness (QED) is 0.514. The predicted octanol–water partition coefficient (Wildman–Crippen LogP) is 3.30. The topological polar surface area (TPSA) is 63.2 Å². The lowest BCUT2D eigenvalue weighted by atomic mass is 9.58. The van der Waals surface area contributed by atoms with Crippen molar-refractivity contribution >= 4 is 5.97 Å². The number of carbonyl (C=O) groups excluding carboxylic acids is 1. The molecule has 148 valence electrons. The SMILES string of the molecule is C[C@@H]1CC[C@H]2[C@@H](C)C(OC(=O)C(F)(F)F)O[C@@H]3O[C@]4(C)CC[C@H]1[C@]32OO4. The van der Waals surface area contributed by atoms with Gasteiger partial charge >= 0.3 is 12.1 Å². The Kier molecular flexibility index (Phi) is 4.12. The van der Waals surface area contributed by atoms with Gasteiger partial charge in [0.05, 0.1) is 0 Å². The number of halogens is 3. The van der Waals surface area contributed by atoms with E-state index in [1.54, 1.807) is 13.8 Å². The van der Waals surface area contributed by atoms with Gasteiger partial charge in [-0.3, -0.25) is 0 Å². The van der Waals surface area contributed by atoms with Crippen molar-refractivity contribution in [2.45, 2.75) is 76.6 Å². The second kappa shape index (κ2) is 5.80. The summed E-state index contributed by atoms with van der Waals surface area (Å²) in [5.41, 5.74) is -0.895. The molecule has 1 saturated carbocycles. The van der Waals surface area contributed by atoms with Crippen LogP contribution in [0.15, 0.2) is 0 Å². The molecule has 2 bridgehead atoms. The zero-order valence-electron chi connectivity index (χ0n) is 14.9. The summed E-state index contributed by atoms with van der Waals surface area (Å²) in [5, 5.41) is 0. The molecule has 6 nitrogen and oxygen atoms in total. The lowest BCUT2D eigenvalue weighted by molar-refractivity contribution is -0.576. The van der Waals surface area contributed by atoms with Crippen LogP contribution in [0.5, 0.6) is 0 Å². The van der Waals surface area contributed by atoms with Crippen molar-refractivity contribution in [2.75, 3.05) is 0 Å². The van der Waals surface area contributed by atoms with E-state index in [9.17, 15) is 18.0 Å². The molecule has 26 heavy (non-hydrogen) atoms. The Morgan fingerprint density at radius 3 is 2.54 bits per heavy atom. The Balaban J connectivity index is 1.67. The first-order valence-electron chi connectivity index (χ1n) is 9.05. The van der Waals surface area contributed by atoms with E-state index in [0.29, 0.717) is 18.8 Å². The summed E-state index contributed by atoms with van der Waals surface area (Å²) in [4.78, 5) is 22.8. The lowest BCUT2D eigenvalue weighted by Gasteiger charge is -2.59. The van der Waals surface area contributed by atoms with E-state index >= 15 is 0 Å². The molecule has 4 aliphatic heterocycles. The van der Waals surface area contributed by atoms with Crippen LogP contribution in [0.4, 0.5) is 13.2 Å². The van der Waals surface area contributed by atoms with Crippen LogP contribution < -0.4 is 0 Å². The number of fused-ring (bicyclic) bond motifs is 2. The average molecular weight is 380 g/mol. The van der Waals surface area contributed by atoms with Gasteiger partial charge < -0.3 is 14.2 Å². The van der Waals surface area contributed by atoms with Crippen LogP contribution in [0.3, 0.4) is 0 Å². The summed E-state index contributed by atoms with van der Waals surface area (Å²) in [7, 11) is 0. The van der Waals surface area contributed by atoms with Crippen LogP contribution in [-0.4, -0.2) is 36.1 Å². The highest BCUT2D eigenvalue weighted by Gasteiger charge is 2.70. The molecular weight excluding hydrogens is 357 g/mol. The Morgan fingerprint density at radius 1 is 1.12 bits per heavy atom. The maximum atomic E-state index is 12.6. The van der Waals surface area contributed by atoms with Crippen molar-refractivity contribution in [3.63, 3.8) is 0 Å². The van der Waals surface area contributed by atoms with E-state index in [2.05, 4.69) is 11.7 Å². The van der Waals surface area contributed by atoms with Gasteiger partial charge in [-0.25, -0.2) is 14.6 Å². The standard InChI is InChI=1S/C17H23F3O6/c1-8-4-5-11-9(2)12(22-13(21)17(18,19)20)23-14-16(11)10(8)6-7-15(3,24-14)25-26-16/h8-12,14H,4-7H2,1-3H3/t8-,9-,10-,11+,12?,14-,15+,16-/m1/s1. The molecule has 0 N–H and O–H groups in total. The fourth-order valence-electron chi connectivity index (χ4n) is 5.18. The summed E-state index contributed by atoms with van der Waals surface area (Å²) in [6, 6.07) is 0. The van der Waals surface area contributed by atoms with Gasteiger partial charge in [0.25, 0.3) is 0 Å². The molecule has 4 heterocycles. The molecule has 0 aromatic heterocycles. The maximum absolute atomic E-state index is 12.6. The third kappa shape index (κ3) is 2.58. The van der Waals surface area contributed by atoms with Crippen LogP contribution >= 0.6 is 0 Å². The van der Waals surface area contributed by atoms with Gasteiger partial charge in [0.15, 0.2) is 11.9 Å². The van der Waals surface area contributed by atoms with Gasteiger partial charge in [-0.1, -0.05) is 13.8 Å². The smallest absolute Gasteiger partial charge is 0.429 e. The van der Waals surface area contributed by atoms with E-state index < -0.39 is 42.0 Å². The molecule has 1 aliphatic carbocycles. The predicted molar refractivity (Wildman–Crippen MR) is 79.0 cm³/mol. The molecule has 0 aromatic carbocycles. The van der Waals surface area contributed by atoms with E-state index in [-0.39, 0.29) is 11.8 Å². The lowest BCUT2D eigenvalue weighted by Crippen LogP contribution is -2.70. The average Bonchev–Trinajstić information content (AvgIpc) is 2.77. The van der Waals surface area contributed by atoms with E-state index in [1.807, 2.05) is 0 Å². The fraction of sp³-hybridized carbons (Fsp3) is 0.941. The van der Waals surface area contributed by atoms with Crippen LogP contribution in [-0.2, 0) is 28.8 Å². The van der Waals surface area contributed by atoms with Gasteiger partial charge in [-0.2, -0.15) is 13.2 Å². The molecule has 5 fully saturated rings. The van der Waals surface area contributed by atoms with Crippen molar-refractivity contribution in [3.8, 4) is 0 Å². The normalized spacial score (nSPS) is 50.7. The van der Waals surface area contributed by atoms with Crippen LogP contribution in [0.1, 0.15) is 46.5 Å². The number of rotatable bonds is 1. The zero-order chi connectivity index (χ0) is 18.9. The van der Waals surface area contributed by atoms with Crippen molar-refractivity contribution in [1.82, 2.24) is 0 Å². The van der Waals surface area contributed by atoms with E-state index in [1.165, 1.54) is 0 Å². The van der Waals surface area contributed by atoms with Gasteiger partial charge in [-0.05, 0) is 38.0 Å². The van der Waals surface area contributed by atoms with Crippen molar-refractivity contribution < 1.29 is 42.0 Å². The summed E-state index contributed by atoms with van der Waals surface area (Å²) in [5.74, 6) is -3.54. The molecule has 1 spiro atoms. The first kappa shape index (κ1) is 18.5. The monoisotopic (exact) mass is 380 g/mol. The summed E-state index contributed by atoms with van der Waals surface area (Å²) in [6.45, 7) is 5.57. The van der Waals surface area contributed by atoms with Crippen LogP contribution in [0.25, 0.3) is 0 Å². The first-order chi connectivity index (χ1) is 12.1. The number of hydrogen-bond donors (Lipinski definition) is 0. The highest BCUT2D eigenvalue weighted by atomic mass is 19.4. The van der Waals surface area contributed by atoms with E-state index in [4.69, 9.17) is 19.2 Å². The van der Waals surface area contributed by atoms with Crippen LogP contribution in [0.2, 0.25) is 0 Å². The van der Waals surface area contributed by atoms with Gasteiger partial charge in [0.1, 0.15) is 0 Å². The molecule has 0 aromatic rings. The highest BCUT2D eigenvalue weighted by molar-refractivity contribution is 5.75. The summed E-state index contributed by atoms with van der Waals surface area (Å²) in [6.07, 6.45) is -4.33. The Labute approximate surface area is 149 Å². The molecule has 1 unspecified atom stereocenters. The third-order valence-electron chi connectivity index (χ3n) is 6.55. The number of alkyl halides is 3. The molecule has 0 amide bonds. The molecule has 5 aliphatic rings. The number of esters is 1. The first-order valence-corrected chi connectivity index (χ1v) is 9.05. The van der Waals surface area contributed by atoms with E-state index in [0.717, 1.165) is 12.8 Å². The molecule has 5 rings (SSSR count). The summed E-state index contributed by atoms with van der Waals surface area (Å²) < 4.78 is 54.3. The Hall–Kier alpha value is -0.900. The van der Waals surface area contributed by atoms with Gasteiger partial charge in [0, 0.05) is 18.3 Å². The number of hydrogen-bond acceptors (Lipinski definition) is 6. The third-order valence-corrected chi connectivity index (χ3v) is 6.55. The second-order valence-electron chi connectivity index (χ2n) is 8.18. The zero-order valence-corrected chi connectivity index (χ0v) is 14.9. The molecule has 8 atom stereocenters. The fourth-order valence-corrected chi connectivity index (χ4v) is 5.18. The Morgan fingerprint density at radius 2 is 1.85 bits per heavy atom. The molecular formula is C17H23F3O6. The summed E-state index contributed by atoms with van der Waals surface area (Å²) >= 11 is 0. The molecule has 9 heteroatoms.